The van der Waals surface area contributed by atoms with Crippen LogP contribution in [0.25, 0.3) is 0 Å². The molecule has 0 bridgehead atoms. The highest BCUT2D eigenvalue weighted by atomic mass is 32.2. The molecule has 6 aromatic carbocycles. The second-order valence-electron chi connectivity index (χ2n) is 18.9. The van der Waals surface area contributed by atoms with Gasteiger partial charge in [0, 0.05) is 5.75 Å². The summed E-state index contributed by atoms with van der Waals surface area (Å²) < 4.78 is 4.69. The van der Waals surface area contributed by atoms with Gasteiger partial charge < -0.3 is 26.0 Å². The van der Waals surface area contributed by atoms with Crippen molar-refractivity contribution in [1.82, 2.24) is 21.3 Å². The van der Waals surface area contributed by atoms with Crippen LogP contribution in [0.3, 0.4) is 0 Å². The number of thioether (sulfide) groups is 2. The number of allylic oxidation sites excluding steroid dienone is 2. The Labute approximate surface area is 444 Å². The van der Waals surface area contributed by atoms with Gasteiger partial charge in [0.15, 0.2) is 0 Å². The van der Waals surface area contributed by atoms with Gasteiger partial charge in [0.25, 0.3) is 5.91 Å². The minimum atomic E-state index is -1.21. The fourth-order valence-electron chi connectivity index (χ4n) is 9.24. The number of esters is 1. The zero-order valence-corrected chi connectivity index (χ0v) is 44.2. The summed E-state index contributed by atoms with van der Waals surface area (Å²) >= 11 is 3.26. The van der Waals surface area contributed by atoms with Crippen LogP contribution in [0, 0.1) is 11.8 Å². The van der Waals surface area contributed by atoms with E-state index in [0.29, 0.717) is 12.2 Å². The van der Waals surface area contributed by atoms with E-state index in [1.165, 1.54) is 17.8 Å². The molecule has 7 rings (SSSR count). The van der Waals surface area contributed by atoms with Crippen LogP contribution in [-0.2, 0) is 38.2 Å². The molecule has 1 aliphatic heterocycles. The normalized spacial score (nSPS) is 19.2. The third kappa shape index (κ3) is 13.1. The molecule has 10 nitrogen and oxygen atoms in total. The molecule has 3 unspecified atom stereocenters. The molecule has 382 valence electrons. The van der Waals surface area contributed by atoms with E-state index in [1.54, 1.807) is 38.6 Å². The second-order valence-corrected chi connectivity index (χ2v) is 21.4. The lowest BCUT2D eigenvalue weighted by Gasteiger charge is -2.36. The Hall–Kier alpha value is -7.15. The summed E-state index contributed by atoms with van der Waals surface area (Å²) in [6, 6.07) is 57.7. The first-order valence-corrected chi connectivity index (χ1v) is 27.2. The van der Waals surface area contributed by atoms with Crippen molar-refractivity contribution in [2.75, 3.05) is 11.5 Å². The van der Waals surface area contributed by atoms with Gasteiger partial charge in [0.05, 0.1) is 15.9 Å². The van der Waals surface area contributed by atoms with Crippen LogP contribution in [0.15, 0.2) is 206 Å². The highest BCUT2D eigenvalue weighted by Crippen LogP contribution is 2.50. The van der Waals surface area contributed by atoms with Crippen LogP contribution in [-0.4, -0.2) is 65.3 Å². The number of nitrogens with one attached hydrogen (secondary N) is 4. The van der Waals surface area contributed by atoms with Crippen molar-refractivity contribution < 1.29 is 28.7 Å². The van der Waals surface area contributed by atoms with Gasteiger partial charge in [-0.15, -0.1) is 23.5 Å². The summed E-state index contributed by atoms with van der Waals surface area (Å²) in [5.41, 5.74) is 6.15. The Morgan fingerprint density at radius 2 is 0.946 bits per heavy atom. The summed E-state index contributed by atoms with van der Waals surface area (Å²) in [4.78, 5) is 71.7. The molecule has 4 N–H and O–H groups in total. The van der Waals surface area contributed by atoms with Crippen LogP contribution in [0.2, 0.25) is 0 Å². The zero-order valence-electron chi connectivity index (χ0n) is 42.6. The second kappa shape index (κ2) is 26.2. The maximum absolute atomic E-state index is 14.6. The van der Waals surface area contributed by atoms with Gasteiger partial charge >= 0.3 is 5.97 Å². The maximum Gasteiger partial charge on any atom is 0.329 e. The topological polar surface area (TPSA) is 143 Å². The van der Waals surface area contributed by atoms with E-state index in [1.807, 2.05) is 129 Å². The summed E-state index contributed by atoms with van der Waals surface area (Å²) in [6.07, 6.45) is 4.27. The highest BCUT2D eigenvalue weighted by molar-refractivity contribution is 8.00. The molecule has 4 amide bonds. The number of amides is 4. The molecule has 0 aromatic heterocycles. The van der Waals surface area contributed by atoms with Gasteiger partial charge in [-0.2, -0.15) is 0 Å². The van der Waals surface area contributed by atoms with Gasteiger partial charge in [0.1, 0.15) is 29.9 Å². The number of hydrogen-bond donors (Lipinski definition) is 4. The Morgan fingerprint density at radius 3 is 1.34 bits per heavy atom. The van der Waals surface area contributed by atoms with E-state index in [4.69, 9.17) is 4.74 Å². The molecule has 1 aliphatic rings. The predicted octanol–water partition coefficient (Wildman–Crippen LogP) is 10.5. The van der Waals surface area contributed by atoms with Crippen LogP contribution in [0.1, 0.15) is 80.8 Å². The van der Waals surface area contributed by atoms with Crippen molar-refractivity contribution >= 4 is 53.1 Å². The van der Waals surface area contributed by atoms with E-state index in [-0.39, 0.29) is 17.9 Å². The van der Waals surface area contributed by atoms with Crippen molar-refractivity contribution in [3.05, 3.63) is 239 Å². The minimum absolute atomic E-state index is 0.0445. The molecule has 74 heavy (non-hydrogen) atoms. The molecule has 1 heterocycles. The monoisotopic (exact) mass is 1030 g/mol. The molecule has 1 saturated heterocycles. The number of cyclic esters (lactones) is 1. The molecule has 12 heteroatoms. The molecule has 6 aromatic rings. The number of benzene rings is 6. The lowest BCUT2D eigenvalue weighted by molar-refractivity contribution is -0.153. The van der Waals surface area contributed by atoms with Gasteiger partial charge in [0.2, 0.25) is 17.7 Å². The first-order chi connectivity index (χ1) is 35.9. The van der Waals surface area contributed by atoms with Crippen LogP contribution < -0.4 is 21.3 Å². The third-order valence-electron chi connectivity index (χ3n) is 13.1. The first kappa shape index (κ1) is 54.6. The average molecular weight is 1030 g/mol. The van der Waals surface area contributed by atoms with Gasteiger partial charge in [-0.3, -0.25) is 19.2 Å². The number of carbonyl (C=O) groups is 5. The standard InChI is InChI=1S/C62H66N4O6S2/c1-6-52-57(68)66-56(44(4)5)60(71)72-51(39-25-26-40-73-61(45-27-13-7-14-28-45,46-29-15-8-16-30-46)47-31-17-9-18-32-47)41-54(67)65-55(43(2)3)59(70)64-53(58(69)63-52)42-74-62(48-33-19-10-20-34-48,49-35-21-11-22-36-49)50-37-23-12-24-38-50/h6-25,27-39,43-44,51,53,55-56H,26,40-42H2,1-5H3,(H,63,69)(H,64,70)(H,65,67)(H,66,68)/b39-25-,52-6-/t51?,53-,55?,56?/m1/s1. The number of ether oxygens (including phenoxy) is 1. The van der Waals surface area contributed by atoms with Crippen molar-refractivity contribution in [3.8, 4) is 0 Å². The Kier molecular flexibility index (Phi) is 19.3. The van der Waals surface area contributed by atoms with Crippen LogP contribution in [0.4, 0.5) is 0 Å². The summed E-state index contributed by atoms with van der Waals surface area (Å²) in [6.45, 7) is 8.78. The van der Waals surface area contributed by atoms with Gasteiger partial charge in [-0.05, 0) is 70.4 Å². The largest absolute Gasteiger partial charge is 0.456 e. The fraction of sp³-hybridized carbons (Fsp3) is 0.274. The van der Waals surface area contributed by atoms with Crippen molar-refractivity contribution in [2.45, 2.75) is 81.2 Å². The zero-order chi connectivity index (χ0) is 52.5. The van der Waals surface area contributed by atoms with Gasteiger partial charge in [-0.25, -0.2) is 4.79 Å². The van der Waals surface area contributed by atoms with Crippen LogP contribution >= 0.6 is 23.5 Å². The fourth-order valence-corrected chi connectivity index (χ4v) is 12.3. The predicted molar refractivity (Wildman–Crippen MR) is 299 cm³/mol. The molecule has 0 saturated carbocycles. The molecular formula is C62H66N4O6S2. The van der Waals surface area contributed by atoms with E-state index >= 15 is 0 Å². The van der Waals surface area contributed by atoms with Crippen LogP contribution in [0.5, 0.6) is 0 Å². The Bertz CT molecular complexity index is 2660. The molecule has 1 fully saturated rings. The van der Waals surface area contributed by atoms with Crippen molar-refractivity contribution in [3.63, 3.8) is 0 Å². The first-order valence-electron chi connectivity index (χ1n) is 25.2. The van der Waals surface area contributed by atoms with E-state index in [9.17, 15) is 24.0 Å². The number of rotatable bonds is 16. The maximum atomic E-state index is 14.6. The quantitative estimate of drug-likeness (QED) is 0.0247. The lowest BCUT2D eigenvalue weighted by atomic mass is 9.84. The Morgan fingerprint density at radius 1 is 0.541 bits per heavy atom. The minimum Gasteiger partial charge on any atom is -0.456 e. The number of hydrogen-bond acceptors (Lipinski definition) is 8. The highest BCUT2D eigenvalue weighted by Gasteiger charge is 2.41. The smallest absolute Gasteiger partial charge is 0.329 e. The summed E-state index contributed by atoms with van der Waals surface area (Å²) in [5.74, 6) is -3.39. The van der Waals surface area contributed by atoms with E-state index in [2.05, 4.69) is 94.1 Å². The molecule has 0 radical (unpaired) electrons. The molecule has 4 atom stereocenters. The van der Waals surface area contributed by atoms with Gasteiger partial charge in [-0.1, -0.05) is 222 Å². The third-order valence-corrected chi connectivity index (χ3v) is 16.3. The van der Waals surface area contributed by atoms with E-state index in [0.717, 1.165) is 33.4 Å². The molecular weight excluding hydrogens is 961 g/mol. The lowest BCUT2D eigenvalue weighted by Crippen LogP contribution is -2.57. The molecule has 0 spiro atoms. The molecule has 0 aliphatic carbocycles. The average Bonchev–Trinajstić information content (AvgIpc) is 3.43. The van der Waals surface area contributed by atoms with Crippen molar-refractivity contribution in [2.24, 2.45) is 11.8 Å². The summed E-state index contributed by atoms with van der Waals surface area (Å²) in [7, 11) is 0. The number of carbonyl (C=O) groups excluding carboxylic acids is 5. The van der Waals surface area contributed by atoms with E-state index < -0.39 is 75.2 Å². The Balaban J connectivity index is 1.18. The SMILES string of the molecule is C/C=C1\NC(=O)[C@@H](CSC(c2ccccc2)(c2ccccc2)c2ccccc2)NC(=O)C(C(C)C)NC(=O)CC(/C=C\CCSC(c2ccccc2)(c2ccccc2)c2ccccc2)OC(=O)C(C(C)C)NC1=O. The summed E-state index contributed by atoms with van der Waals surface area (Å²) in [5, 5.41) is 11.5. The van der Waals surface area contributed by atoms with Crippen molar-refractivity contribution in [1.29, 1.82) is 0 Å².